The topological polar surface area (TPSA) is 105 Å². The van der Waals surface area contributed by atoms with Gasteiger partial charge in [-0.05, 0) is 66.4 Å². The van der Waals surface area contributed by atoms with Gasteiger partial charge in [0.2, 0.25) is 11.8 Å². The first kappa shape index (κ1) is 34.8. The lowest BCUT2D eigenvalue weighted by atomic mass is 10.0. The van der Waals surface area contributed by atoms with Crippen molar-refractivity contribution in [1.82, 2.24) is 10.2 Å². The summed E-state index contributed by atoms with van der Waals surface area (Å²) in [5, 5.41) is 3.37. The van der Waals surface area contributed by atoms with E-state index in [1.54, 1.807) is 49.6 Å². The van der Waals surface area contributed by atoms with Gasteiger partial charge in [0, 0.05) is 19.0 Å². The number of benzene rings is 4. The van der Waals surface area contributed by atoms with Gasteiger partial charge in [-0.25, -0.2) is 8.42 Å². The molecular formula is C37H40ClN3O6S. The first-order valence-electron chi connectivity index (χ1n) is 15.9. The highest BCUT2D eigenvalue weighted by Gasteiger charge is 2.35. The Kier molecular flexibility index (Phi) is 11.6. The Morgan fingerprint density at radius 1 is 0.854 bits per heavy atom. The average Bonchev–Trinajstić information content (AvgIpc) is 3.62. The van der Waals surface area contributed by atoms with E-state index in [9.17, 15) is 18.0 Å². The highest BCUT2D eigenvalue weighted by atomic mass is 35.5. The Morgan fingerprint density at radius 3 is 2.17 bits per heavy atom. The summed E-state index contributed by atoms with van der Waals surface area (Å²) in [4.78, 5) is 30.3. The van der Waals surface area contributed by atoms with E-state index in [0.29, 0.717) is 11.5 Å². The summed E-state index contributed by atoms with van der Waals surface area (Å²) in [6.45, 7) is -0.555. The number of anilines is 1. The maximum absolute atomic E-state index is 14.7. The molecule has 0 bridgehead atoms. The molecule has 1 saturated carbocycles. The molecule has 0 saturated heterocycles. The second-order valence-electron chi connectivity index (χ2n) is 11.7. The van der Waals surface area contributed by atoms with Crippen LogP contribution in [0.1, 0.15) is 36.8 Å². The molecule has 1 fully saturated rings. The predicted octanol–water partition coefficient (Wildman–Crippen LogP) is 6.25. The molecule has 4 aromatic carbocycles. The zero-order valence-corrected chi connectivity index (χ0v) is 28.6. The maximum Gasteiger partial charge on any atom is 0.264 e. The van der Waals surface area contributed by atoms with E-state index < -0.39 is 28.5 Å². The molecule has 0 radical (unpaired) electrons. The van der Waals surface area contributed by atoms with Crippen molar-refractivity contribution in [1.29, 1.82) is 0 Å². The molecule has 1 aliphatic rings. The normalized spacial score (nSPS) is 13.8. The van der Waals surface area contributed by atoms with Gasteiger partial charge in [0.05, 0.1) is 29.8 Å². The van der Waals surface area contributed by atoms with Gasteiger partial charge in [-0.15, -0.1) is 0 Å². The van der Waals surface area contributed by atoms with Crippen molar-refractivity contribution in [3.05, 3.63) is 119 Å². The van der Waals surface area contributed by atoms with Crippen LogP contribution in [0.4, 0.5) is 5.69 Å². The summed E-state index contributed by atoms with van der Waals surface area (Å²) >= 11 is 6.46. The number of halogens is 1. The number of carbonyl (C=O) groups is 2. The third-order valence-electron chi connectivity index (χ3n) is 8.49. The molecule has 4 aromatic rings. The molecule has 11 heteroatoms. The van der Waals surface area contributed by atoms with Crippen molar-refractivity contribution in [2.75, 3.05) is 25.1 Å². The summed E-state index contributed by atoms with van der Waals surface area (Å²) in [6.07, 6.45) is 4.02. The number of ether oxygens (including phenoxy) is 2. The van der Waals surface area contributed by atoms with Gasteiger partial charge in [0.1, 0.15) is 24.1 Å². The highest BCUT2D eigenvalue weighted by molar-refractivity contribution is 7.92. The standard InChI is InChI=1S/C37H40ClN3O6S/c1-46-31-17-11-14-28(22-31)25-40(34(23-27-12-5-3-6-13-27)37(43)39-29-15-9-10-16-29)36(42)26-41(30-20-21-35(47-2)33(38)24-30)48(44,45)32-18-7-4-8-19-32/h3-8,11-14,17-22,24,29,34H,9-10,15-16,23,25-26H2,1-2H3,(H,39,43)/t34-/m0/s1. The van der Waals surface area contributed by atoms with Crippen molar-refractivity contribution in [2.24, 2.45) is 0 Å². The van der Waals surface area contributed by atoms with Crippen molar-refractivity contribution in [3.63, 3.8) is 0 Å². The van der Waals surface area contributed by atoms with Gasteiger partial charge < -0.3 is 19.7 Å². The van der Waals surface area contributed by atoms with Gasteiger partial charge in [0.15, 0.2) is 0 Å². The molecule has 1 N–H and O–H groups in total. The van der Waals surface area contributed by atoms with E-state index in [4.69, 9.17) is 21.1 Å². The third kappa shape index (κ3) is 8.48. The zero-order chi connectivity index (χ0) is 34.1. The Hall–Kier alpha value is -4.54. The number of methoxy groups -OCH3 is 2. The first-order chi connectivity index (χ1) is 23.2. The highest BCUT2D eigenvalue weighted by Crippen LogP contribution is 2.32. The van der Waals surface area contributed by atoms with Crippen LogP contribution in [0.2, 0.25) is 5.02 Å². The molecule has 0 aliphatic heterocycles. The lowest BCUT2D eigenvalue weighted by Crippen LogP contribution is -2.54. The molecule has 5 rings (SSSR count). The van der Waals surface area contributed by atoms with Gasteiger partial charge in [-0.2, -0.15) is 0 Å². The van der Waals surface area contributed by atoms with Gasteiger partial charge in [-0.3, -0.25) is 13.9 Å². The smallest absolute Gasteiger partial charge is 0.264 e. The Bertz CT molecular complexity index is 1800. The van der Waals surface area contributed by atoms with E-state index in [1.807, 2.05) is 42.5 Å². The molecule has 9 nitrogen and oxygen atoms in total. The van der Waals surface area contributed by atoms with Gasteiger partial charge >= 0.3 is 0 Å². The average molecular weight is 690 g/mol. The van der Waals surface area contributed by atoms with Crippen molar-refractivity contribution in [2.45, 2.75) is 55.6 Å². The summed E-state index contributed by atoms with van der Waals surface area (Å²) in [5.41, 5.74) is 1.76. The van der Waals surface area contributed by atoms with Crippen LogP contribution in [0.15, 0.2) is 108 Å². The monoisotopic (exact) mass is 689 g/mol. The second-order valence-corrected chi connectivity index (χ2v) is 14.0. The summed E-state index contributed by atoms with van der Waals surface area (Å²) in [7, 11) is -1.24. The van der Waals surface area contributed by atoms with Crippen molar-refractivity contribution < 1.29 is 27.5 Å². The molecule has 0 spiro atoms. The Labute approximate surface area is 287 Å². The van der Waals surface area contributed by atoms with Crippen LogP contribution in [0.5, 0.6) is 11.5 Å². The SMILES string of the molecule is COc1cccc(CN(C(=O)CN(c2ccc(OC)c(Cl)c2)S(=O)(=O)c2ccccc2)[C@@H](Cc2ccccc2)C(=O)NC2CCCC2)c1. The Morgan fingerprint density at radius 2 is 1.52 bits per heavy atom. The minimum absolute atomic E-state index is 0.00361. The van der Waals surface area contributed by atoms with E-state index in [2.05, 4.69) is 5.32 Å². The van der Waals surface area contributed by atoms with Crippen molar-refractivity contribution in [3.8, 4) is 11.5 Å². The van der Waals surface area contributed by atoms with Crippen LogP contribution in [0.25, 0.3) is 0 Å². The number of sulfonamides is 1. The molecule has 48 heavy (non-hydrogen) atoms. The van der Waals surface area contributed by atoms with E-state index in [-0.39, 0.29) is 40.5 Å². The zero-order valence-electron chi connectivity index (χ0n) is 27.0. The number of hydrogen-bond acceptors (Lipinski definition) is 6. The van der Waals surface area contributed by atoms with Crippen LogP contribution >= 0.6 is 11.6 Å². The van der Waals surface area contributed by atoms with Crippen molar-refractivity contribution >= 4 is 39.1 Å². The number of nitrogens with one attached hydrogen (secondary N) is 1. The molecule has 0 aromatic heterocycles. The maximum atomic E-state index is 14.7. The van der Waals surface area contributed by atoms with E-state index >= 15 is 0 Å². The minimum atomic E-state index is -4.26. The molecule has 2 amide bonds. The Balaban J connectivity index is 1.58. The fourth-order valence-corrected chi connectivity index (χ4v) is 7.63. The van der Waals surface area contributed by atoms with Crippen LogP contribution < -0.4 is 19.1 Å². The number of amides is 2. The van der Waals surface area contributed by atoms with Gasteiger partial charge in [-0.1, -0.05) is 85.1 Å². The number of hydrogen-bond donors (Lipinski definition) is 1. The van der Waals surface area contributed by atoms with E-state index in [0.717, 1.165) is 41.1 Å². The molecule has 0 heterocycles. The molecule has 252 valence electrons. The summed E-state index contributed by atoms with van der Waals surface area (Å²) < 4.78 is 40.2. The van der Waals surface area contributed by atoms with Crippen LogP contribution in [-0.2, 0) is 32.6 Å². The second kappa shape index (κ2) is 16.0. The van der Waals surface area contributed by atoms with Gasteiger partial charge in [0.25, 0.3) is 10.0 Å². The first-order valence-corrected chi connectivity index (χ1v) is 17.7. The molecule has 0 unspecified atom stereocenters. The molecule has 1 aliphatic carbocycles. The fraction of sp³-hybridized carbons (Fsp3) is 0.297. The largest absolute Gasteiger partial charge is 0.497 e. The third-order valence-corrected chi connectivity index (χ3v) is 10.6. The van der Waals surface area contributed by atoms with Crippen LogP contribution in [0, 0.1) is 0 Å². The summed E-state index contributed by atoms with van der Waals surface area (Å²) in [6, 6.07) is 28.3. The lowest BCUT2D eigenvalue weighted by Gasteiger charge is -2.34. The number of nitrogens with zero attached hydrogens (tertiary/aromatic N) is 2. The molecular weight excluding hydrogens is 650 g/mol. The fourth-order valence-electron chi connectivity index (χ4n) is 5.95. The molecule has 1 atom stereocenters. The number of carbonyl (C=O) groups excluding carboxylic acids is 2. The minimum Gasteiger partial charge on any atom is -0.497 e. The summed E-state index contributed by atoms with van der Waals surface area (Å²) in [5.74, 6) is 0.102. The van der Waals surface area contributed by atoms with Crippen LogP contribution in [-0.4, -0.2) is 58.0 Å². The quantitative estimate of drug-likeness (QED) is 0.168. The predicted molar refractivity (Wildman–Crippen MR) is 187 cm³/mol. The van der Waals surface area contributed by atoms with E-state index in [1.165, 1.54) is 30.2 Å². The van der Waals surface area contributed by atoms with Crippen LogP contribution in [0.3, 0.4) is 0 Å². The number of rotatable bonds is 14. The lowest BCUT2D eigenvalue weighted by molar-refractivity contribution is -0.140.